The number of hydrogen-bond donors (Lipinski definition) is 1. The first-order chi connectivity index (χ1) is 13.0. The van der Waals surface area contributed by atoms with Crippen molar-refractivity contribution >= 4 is 11.6 Å². The van der Waals surface area contributed by atoms with Gasteiger partial charge < -0.3 is 5.11 Å². The van der Waals surface area contributed by atoms with Crippen molar-refractivity contribution in [2.24, 2.45) is 0 Å². The van der Waals surface area contributed by atoms with Gasteiger partial charge in [0.15, 0.2) is 0 Å². The second-order valence-corrected chi connectivity index (χ2v) is 9.37. The zero-order valence-electron chi connectivity index (χ0n) is 19.1. The summed E-state index contributed by atoms with van der Waals surface area (Å²) in [5, 5.41) is 10.5. The van der Waals surface area contributed by atoms with Crippen LogP contribution < -0.4 is 0 Å². The molecule has 2 nitrogen and oxygen atoms in total. The Kier molecular flexibility index (Phi) is 18.4. The van der Waals surface area contributed by atoms with Crippen LogP contribution in [0.4, 0.5) is 0 Å². The van der Waals surface area contributed by atoms with Crippen LogP contribution >= 0.6 is 11.6 Å². The van der Waals surface area contributed by atoms with Crippen LogP contribution in [-0.2, 0) is 0 Å². The van der Waals surface area contributed by atoms with E-state index in [4.69, 9.17) is 11.6 Å². The maximum Gasteiger partial charge on any atom is 0.122 e. The van der Waals surface area contributed by atoms with E-state index in [-0.39, 0.29) is 0 Å². The Morgan fingerprint density at radius 2 is 1.04 bits per heavy atom. The first kappa shape index (κ1) is 27.2. The highest BCUT2D eigenvalue weighted by molar-refractivity contribution is 6.24. The average molecular weight is 404 g/mol. The number of likely N-dealkylation sites (N-methyl/N-ethyl adjacent to an activating group) is 1. The Bertz CT molecular complexity index is 311. The van der Waals surface area contributed by atoms with E-state index >= 15 is 0 Å². The Morgan fingerprint density at radius 1 is 0.667 bits per heavy atom. The van der Waals surface area contributed by atoms with Gasteiger partial charge in [0.1, 0.15) is 5.00 Å². The van der Waals surface area contributed by atoms with Crippen molar-refractivity contribution in [2.75, 3.05) is 14.1 Å². The Labute approximate surface area is 176 Å². The highest BCUT2D eigenvalue weighted by Crippen LogP contribution is 2.32. The normalized spacial score (nSPS) is 15.2. The van der Waals surface area contributed by atoms with Gasteiger partial charge in [0.25, 0.3) is 0 Å². The van der Waals surface area contributed by atoms with E-state index in [0.717, 1.165) is 32.1 Å². The van der Waals surface area contributed by atoms with Crippen molar-refractivity contribution in [3.05, 3.63) is 0 Å². The lowest BCUT2D eigenvalue weighted by atomic mass is 9.96. The third kappa shape index (κ3) is 13.9. The molecule has 0 aliphatic heterocycles. The van der Waals surface area contributed by atoms with Crippen LogP contribution in [0.15, 0.2) is 0 Å². The number of halogens is 1. The molecule has 0 bridgehead atoms. The molecule has 0 aromatic heterocycles. The minimum Gasteiger partial charge on any atom is -0.390 e. The van der Waals surface area contributed by atoms with Gasteiger partial charge >= 0.3 is 0 Å². The molecule has 0 spiro atoms. The summed E-state index contributed by atoms with van der Waals surface area (Å²) >= 11 is 6.79. The molecule has 164 valence electrons. The van der Waals surface area contributed by atoms with Crippen LogP contribution in [0.5, 0.6) is 0 Å². The second kappa shape index (κ2) is 18.3. The molecule has 0 amide bonds. The Balaban J connectivity index is 3.60. The SMILES string of the molecule is CCCCCCCCCCCCCCCCC(Cl)(C(O)CCCC)N(C)C. The number of aliphatic hydroxyl groups excluding tert-OH is 1. The van der Waals surface area contributed by atoms with Gasteiger partial charge in [0.05, 0.1) is 6.10 Å². The van der Waals surface area contributed by atoms with Crippen LogP contribution in [-0.4, -0.2) is 35.2 Å². The van der Waals surface area contributed by atoms with E-state index in [1.807, 2.05) is 19.0 Å². The quantitative estimate of drug-likeness (QED) is 0.127. The third-order valence-electron chi connectivity index (χ3n) is 5.97. The van der Waals surface area contributed by atoms with Gasteiger partial charge in [0, 0.05) is 0 Å². The van der Waals surface area contributed by atoms with Gasteiger partial charge in [0.2, 0.25) is 0 Å². The topological polar surface area (TPSA) is 23.5 Å². The van der Waals surface area contributed by atoms with Crippen LogP contribution in [0.25, 0.3) is 0 Å². The average Bonchev–Trinajstić information content (AvgIpc) is 2.65. The standard InChI is InChI=1S/C24H50ClNO/c1-5-7-9-10-11-12-13-14-15-16-17-18-19-20-22-24(25,26(3)4)23(27)21-8-6-2/h23,27H,5-22H2,1-4H3. The Hall–Kier alpha value is 0.210. The lowest BCUT2D eigenvalue weighted by Gasteiger charge is -2.38. The lowest BCUT2D eigenvalue weighted by molar-refractivity contribution is 0.0342. The van der Waals surface area contributed by atoms with Crippen molar-refractivity contribution in [1.29, 1.82) is 0 Å². The lowest BCUT2D eigenvalue weighted by Crippen LogP contribution is -2.49. The van der Waals surface area contributed by atoms with E-state index in [9.17, 15) is 5.11 Å². The molecular formula is C24H50ClNO. The molecule has 3 heteroatoms. The molecule has 0 fully saturated rings. The summed E-state index contributed by atoms with van der Waals surface area (Å²) in [6, 6.07) is 0. The molecule has 0 aromatic rings. The number of nitrogens with zero attached hydrogens (tertiary/aromatic N) is 1. The monoisotopic (exact) mass is 403 g/mol. The largest absolute Gasteiger partial charge is 0.390 e. The van der Waals surface area contributed by atoms with Gasteiger partial charge in [-0.25, -0.2) is 0 Å². The summed E-state index contributed by atoms with van der Waals surface area (Å²) in [6.07, 6.45) is 22.6. The molecule has 0 saturated carbocycles. The van der Waals surface area contributed by atoms with E-state index in [2.05, 4.69) is 13.8 Å². The van der Waals surface area contributed by atoms with Gasteiger partial charge in [-0.2, -0.15) is 0 Å². The van der Waals surface area contributed by atoms with Crippen LogP contribution in [0, 0.1) is 0 Å². The zero-order chi connectivity index (χ0) is 20.4. The summed E-state index contributed by atoms with van der Waals surface area (Å²) in [5.74, 6) is 0. The van der Waals surface area contributed by atoms with Crippen molar-refractivity contribution in [3.8, 4) is 0 Å². The minimum atomic E-state index is -0.591. The molecule has 1 N–H and O–H groups in total. The molecule has 0 saturated heterocycles. The van der Waals surface area contributed by atoms with Gasteiger partial charge in [-0.3, -0.25) is 4.90 Å². The smallest absolute Gasteiger partial charge is 0.122 e. The molecule has 0 heterocycles. The summed E-state index contributed by atoms with van der Waals surface area (Å²) in [5.41, 5.74) is 0. The zero-order valence-corrected chi connectivity index (χ0v) is 19.8. The Morgan fingerprint density at radius 3 is 1.41 bits per heavy atom. The van der Waals surface area contributed by atoms with E-state index in [0.29, 0.717) is 0 Å². The van der Waals surface area contributed by atoms with Crippen LogP contribution in [0.3, 0.4) is 0 Å². The summed E-state index contributed by atoms with van der Waals surface area (Å²) in [4.78, 5) is 1.42. The van der Waals surface area contributed by atoms with Crippen molar-refractivity contribution in [3.63, 3.8) is 0 Å². The molecule has 0 rings (SSSR count). The molecule has 0 aliphatic rings. The second-order valence-electron chi connectivity index (χ2n) is 8.72. The fourth-order valence-electron chi connectivity index (χ4n) is 3.87. The fourth-order valence-corrected chi connectivity index (χ4v) is 4.12. The molecule has 0 radical (unpaired) electrons. The van der Waals surface area contributed by atoms with Gasteiger partial charge in [-0.1, -0.05) is 128 Å². The van der Waals surface area contributed by atoms with E-state index in [1.165, 1.54) is 83.5 Å². The van der Waals surface area contributed by atoms with E-state index in [1.54, 1.807) is 0 Å². The van der Waals surface area contributed by atoms with Crippen molar-refractivity contribution < 1.29 is 5.11 Å². The van der Waals surface area contributed by atoms with Crippen LogP contribution in [0.1, 0.15) is 129 Å². The highest BCUT2D eigenvalue weighted by atomic mass is 35.5. The van der Waals surface area contributed by atoms with Gasteiger partial charge in [-0.15, -0.1) is 0 Å². The molecule has 2 atom stereocenters. The van der Waals surface area contributed by atoms with E-state index < -0.39 is 11.1 Å². The van der Waals surface area contributed by atoms with Crippen LogP contribution in [0.2, 0.25) is 0 Å². The van der Waals surface area contributed by atoms with Crippen molar-refractivity contribution in [2.45, 2.75) is 141 Å². The molecule has 27 heavy (non-hydrogen) atoms. The molecule has 2 unspecified atom stereocenters. The number of hydrogen-bond acceptors (Lipinski definition) is 2. The predicted molar refractivity (Wildman–Crippen MR) is 123 cm³/mol. The maximum absolute atomic E-state index is 10.5. The number of alkyl halides is 1. The molecular weight excluding hydrogens is 354 g/mol. The van der Waals surface area contributed by atoms with Gasteiger partial charge in [-0.05, 0) is 26.9 Å². The van der Waals surface area contributed by atoms with Crippen molar-refractivity contribution in [1.82, 2.24) is 4.90 Å². The molecule has 0 aliphatic carbocycles. The number of unbranched alkanes of at least 4 members (excludes halogenated alkanes) is 14. The fraction of sp³-hybridized carbons (Fsp3) is 1.00. The first-order valence-electron chi connectivity index (χ1n) is 12.0. The highest BCUT2D eigenvalue weighted by Gasteiger charge is 2.36. The molecule has 0 aromatic carbocycles. The number of aliphatic hydroxyl groups is 1. The third-order valence-corrected chi connectivity index (χ3v) is 6.75. The minimum absolute atomic E-state index is 0.434. The maximum atomic E-state index is 10.5. The predicted octanol–water partition coefficient (Wildman–Crippen LogP) is 7.91. The summed E-state index contributed by atoms with van der Waals surface area (Å²) < 4.78 is 0. The summed E-state index contributed by atoms with van der Waals surface area (Å²) in [6.45, 7) is 4.44. The summed E-state index contributed by atoms with van der Waals surface area (Å²) in [7, 11) is 3.98. The number of rotatable bonds is 20. The first-order valence-corrected chi connectivity index (χ1v) is 12.4.